The number of Topliss-reactive ketones (excluding diaryl/α,β-unsaturated/α-hetero) is 1. The molecule has 18 heavy (non-hydrogen) atoms. The van der Waals surface area contributed by atoms with Crippen LogP contribution in [0, 0.1) is 0 Å². The lowest BCUT2D eigenvalue weighted by Gasteiger charge is -2.08. The van der Waals surface area contributed by atoms with Gasteiger partial charge in [0, 0.05) is 5.56 Å². The summed E-state index contributed by atoms with van der Waals surface area (Å²) in [4.78, 5) is 23.5. The Balaban J connectivity index is 1.84. The summed E-state index contributed by atoms with van der Waals surface area (Å²) >= 11 is 0. The molecular weight excluding hydrogens is 232 g/mol. The SMILES string of the molecule is O=C(C[C@@H]1OC(=O)c2ccccc21)c1ccco1. The summed E-state index contributed by atoms with van der Waals surface area (Å²) in [5, 5.41) is 0. The van der Waals surface area contributed by atoms with E-state index in [4.69, 9.17) is 9.15 Å². The first-order valence-corrected chi connectivity index (χ1v) is 5.62. The summed E-state index contributed by atoms with van der Waals surface area (Å²) in [6.45, 7) is 0. The van der Waals surface area contributed by atoms with Crippen molar-refractivity contribution in [2.75, 3.05) is 0 Å². The molecule has 1 aliphatic rings. The standard InChI is InChI=1S/C14H10O4/c15-11(12-6-3-7-17-12)8-13-9-4-1-2-5-10(9)14(16)18-13/h1-7,13H,8H2/t13-/m0/s1. The number of benzene rings is 1. The summed E-state index contributed by atoms with van der Waals surface area (Å²) in [5.41, 5.74) is 1.30. The Morgan fingerprint density at radius 3 is 2.78 bits per heavy atom. The van der Waals surface area contributed by atoms with Crippen molar-refractivity contribution >= 4 is 11.8 Å². The van der Waals surface area contributed by atoms with Gasteiger partial charge in [-0.25, -0.2) is 4.79 Å². The molecule has 0 aliphatic carbocycles. The fourth-order valence-electron chi connectivity index (χ4n) is 2.08. The fourth-order valence-corrected chi connectivity index (χ4v) is 2.08. The largest absolute Gasteiger partial charge is 0.461 e. The molecule has 0 saturated carbocycles. The highest BCUT2D eigenvalue weighted by atomic mass is 16.5. The molecule has 1 aromatic carbocycles. The first kappa shape index (κ1) is 10.8. The summed E-state index contributed by atoms with van der Waals surface area (Å²) in [6.07, 6.45) is 1.05. The number of ketones is 1. The molecule has 0 N–H and O–H groups in total. The first-order valence-electron chi connectivity index (χ1n) is 5.62. The molecule has 0 bridgehead atoms. The van der Waals surface area contributed by atoms with Crippen molar-refractivity contribution in [1.82, 2.24) is 0 Å². The maximum absolute atomic E-state index is 11.9. The number of esters is 1. The molecule has 1 aliphatic heterocycles. The Hall–Kier alpha value is -2.36. The van der Waals surface area contributed by atoms with E-state index in [1.165, 1.54) is 6.26 Å². The van der Waals surface area contributed by atoms with Crippen LogP contribution in [0.4, 0.5) is 0 Å². The molecule has 4 heteroatoms. The molecule has 1 atom stereocenters. The maximum atomic E-state index is 11.9. The number of fused-ring (bicyclic) bond motifs is 1. The Labute approximate surface area is 103 Å². The molecule has 0 unspecified atom stereocenters. The lowest BCUT2D eigenvalue weighted by atomic mass is 10.0. The topological polar surface area (TPSA) is 56.5 Å². The van der Waals surface area contributed by atoms with Gasteiger partial charge < -0.3 is 9.15 Å². The number of carbonyl (C=O) groups is 2. The van der Waals surface area contributed by atoms with Gasteiger partial charge in [-0.1, -0.05) is 18.2 Å². The second kappa shape index (κ2) is 4.14. The monoisotopic (exact) mass is 242 g/mol. The number of hydrogen-bond acceptors (Lipinski definition) is 4. The third-order valence-corrected chi connectivity index (χ3v) is 2.94. The smallest absolute Gasteiger partial charge is 0.339 e. The number of hydrogen-bond donors (Lipinski definition) is 0. The molecule has 2 aromatic rings. The van der Waals surface area contributed by atoms with Gasteiger partial charge in [0.05, 0.1) is 18.2 Å². The lowest BCUT2D eigenvalue weighted by Crippen LogP contribution is -2.06. The number of cyclic esters (lactones) is 1. The molecule has 4 nitrogen and oxygen atoms in total. The van der Waals surface area contributed by atoms with Gasteiger partial charge in [0.1, 0.15) is 6.10 Å². The van der Waals surface area contributed by atoms with Crippen molar-refractivity contribution in [2.45, 2.75) is 12.5 Å². The Kier molecular flexibility index (Phi) is 2.48. The van der Waals surface area contributed by atoms with Crippen LogP contribution in [0.2, 0.25) is 0 Å². The van der Waals surface area contributed by atoms with E-state index in [2.05, 4.69) is 0 Å². The van der Waals surface area contributed by atoms with Crippen molar-refractivity contribution in [1.29, 1.82) is 0 Å². The maximum Gasteiger partial charge on any atom is 0.339 e. The van der Waals surface area contributed by atoms with Crippen LogP contribution < -0.4 is 0 Å². The number of furan rings is 1. The summed E-state index contributed by atoms with van der Waals surface area (Å²) in [7, 11) is 0. The minimum absolute atomic E-state index is 0.107. The van der Waals surface area contributed by atoms with E-state index < -0.39 is 6.10 Å². The quantitative estimate of drug-likeness (QED) is 0.613. The van der Waals surface area contributed by atoms with E-state index in [0.717, 1.165) is 5.56 Å². The van der Waals surface area contributed by atoms with Crippen LogP contribution in [-0.4, -0.2) is 11.8 Å². The molecular formula is C14H10O4. The van der Waals surface area contributed by atoms with Crippen molar-refractivity contribution < 1.29 is 18.7 Å². The van der Waals surface area contributed by atoms with Crippen molar-refractivity contribution in [2.24, 2.45) is 0 Å². The van der Waals surface area contributed by atoms with E-state index in [1.54, 1.807) is 30.3 Å². The lowest BCUT2D eigenvalue weighted by molar-refractivity contribution is 0.0364. The molecule has 0 saturated heterocycles. The van der Waals surface area contributed by atoms with Gasteiger partial charge in [0.2, 0.25) is 5.78 Å². The van der Waals surface area contributed by atoms with E-state index in [1.807, 2.05) is 6.07 Å². The Morgan fingerprint density at radius 2 is 2.00 bits per heavy atom. The fraction of sp³-hybridized carbons (Fsp3) is 0.143. The van der Waals surface area contributed by atoms with Gasteiger partial charge in [0.15, 0.2) is 5.76 Å². The summed E-state index contributed by atoms with van der Waals surface area (Å²) in [5.74, 6) is -0.257. The Morgan fingerprint density at radius 1 is 1.17 bits per heavy atom. The van der Waals surface area contributed by atoms with Gasteiger partial charge in [-0.15, -0.1) is 0 Å². The zero-order valence-electron chi connectivity index (χ0n) is 9.46. The van der Waals surface area contributed by atoms with Crippen LogP contribution in [0.5, 0.6) is 0 Å². The molecule has 90 valence electrons. The van der Waals surface area contributed by atoms with Crippen LogP contribution in [0.1, 0.15) is 39.0 Å². The highest BCUT2D eigenvalue weighted by Crippen LogP contribution is 2.33. The van der Waals surface area contributed by atoms with Crippen LogP contribution in [0.25, 0.3) is 0 Å². The molecule has 0 spiro atoms. The Bertz CT molecular complexity index is 598. The predicted octanol–water partition coefficient (Wildman–Crippen LogP) is 2.76. The van der Waals surface area contributed by atoms with Gasteiger partial charge in [-0.05, 0) is 18.2 Å². The van der Waals surface area contributed by atoms with E-state index in [9.17, 15) is 9.59 Å². The zero-order chi connectivity index (χ0) is 12.5. The van der Waals surface area contributed by atoms with Crippen LogP contribution in [-0.2, 0) is 4.74 Å². The second-order valence-corrected chi connectivity index (χ2v) is 4.09. The van der Waals surface area contributed by atoms with Gasteiger partial charge >= 0.3 is 5.97 Å². The van der Waals surface area contributed by atoms with Crippen LogP contribution >= 0.6 is 0 Å². The first-order chi connectivity index (χ1) is 8.75. The predicted molar refractivity (Wildman–Crippen MR) is 62.3 cm³/mol. The average molecular weight is 242 g/mol. The summed E-state index contributed by atoms with van der Waals surface area (Å²) in [6, 6.07) is 10.4. The second-order valence-electron chi connectivity index (χ2n) is 4.09. The molecule has 0 fully saturated rings. The minimum atomic E-state index is -0.508. The summed E-state index contributed by atoms with van der Waals surface area (Å²) < 4.78 is 10.2. The normalized spacial score (nSPS) is 17.3. The van der Waals surface area contributed by atoms with Crippen molar-refractivity contribution in [3.63, 3.8) is 0 Å². The molecule has 1 aromatic heterocycles. The van der Waals surface area contributed by atoms with Gasteiger partial charge in [-0.3, -0.25) is 4.79 Å². The van der Waals surface area contributed by atoms with E-state index in [0.29, 0.717) is 5.56 Å². The van der Waals surface area contributed by atoms with E-state index in [-0.39, 0.29) is 23.9 Å². The van der Waals surface area contributed by atoms with Crippen molar-refractivity contribution in [3.8, 4) is 0 Å². The van der Waals surface area contributed by atoms with Crippen molar-refractivity contribution in [3.05, 3.63) is 59.5 Å². The average Bonchev–Trinajstić information content (AvgIpc) is 3.00. The van der Waals surface area contributed by atoms with Gasteiger partial charge in [-0.2, -0.15) is 0 Å². The highest BCUT2D eigenvalue weighted by molar-refractivity contribution is 5.97. The zero-order valence-corrected chi connectivity index (χ0v) is 9.46. The number of carbonyl (C=O) groups excluding carboxylic acids is 2. The number of ether oxygens (including phenoxy) is 1. The molecule has 3 rings (SSSR count). The minimum Gasteiger partial charge on any atom is -0.461 e. The molecule has 0 radical (unpaired) electrons. The van der Waals surface area contributed by atoms with Crippen LogP contribution in [0.15, 0.2) is 47.1 Å². The highest BCUT2D eigenvalue weighted by Gasteiger charge is 2.32. The number of rotatable bonds is 3. The molecule has 0 amide bonds. The van der Waals surface area contributed by atoms with E-state index >= 15 is 0 Å². The third kappa shape index (κ3) is 1.72. The molecule has 2 heterocycles. The third-order valence-electron chi connectivity index (χ3n) is 2.94. The van der Waals surface area contributed by atoms with Gasteiger partial charge in [0.25, 0.3) is 0 Å². The van der Waals surface area contributed by atoms with Crippen LogP contribution in [0.3, 0.4) is 0 Å².